The number of ether oxygens (including phenoxy) is 3. The Bertz CT molecular complexity index is 822. The molecule has 0 radical (unpaired) electrons. The summed E-state index contributed by atoms with van der Waals surface area (Å²) < 4.78 is 16.7. The van der Waals surface area contributed by atoms with Gasteiger partial charge in [-0.1, -0.05) is 24.3 Å². The molecule has 2 aromatic rings. The molecular weight excluding hydrogens is 360 g/mol. The molecular formula is C21H24N2O5. The van der Waals surface area contributed by atoms with Crippen LogP contribution in [0.25, 0.3) is 0 Å². The first kappa shape index (κ1) is 19.7. The number of hydrogen-bond acceptors (Lipinski definition) is 5. The zero-order chi connectivity index (χ0) is 19.9. The SMILES string of the molecule is CCOC(Cc1ccc(OCCN2COc3ccccc3C2=O)cc1)C(N)=O. The minimum absolute atomic E-state index is 0.0609. The van der Waals surface area contributed by atoms with Crippen LogP contribution in [0.15, 0.2) is 48.5 Å². The van der Waals surface area contributed by atoms with Crippen LogP contribution in [0.5, 0.6) is 11.5 Å². The molecule has 0 spiro atoms. The van der Waals surface area contributed by atoms with E-state index in [2.05, 4.69) is 0 Å². The van der Waals surface area contributed by atoms with Crippen molar-refractivity contribution in [3.63, 3.8) is 0 Å². The van der Waals surface area contributed by atoms with E-state index in [0.29, 0.717) is 43.2 Å². The lowest BCUT2D eigenvalue weighted by Gasteiger charge is -2.28. The molecule has 0 aromatic heterocycles. The summed E-state index contributed by atoms with van der Waals surface area (Å²) in [4.78, 5) is 25.4. The van der Waals surface area contributed by atoms with Gasteiger partial charge in [0.1, 0.15) is 24.2 Å². The van der Waals surface area contributed by atoms with Gasteiger partial charge in [-0.25, -0.2) is 0 Å². The summed E-state index contributed by atoms with van der Waals surface area (Å²) in [5.74, 6) is 0.759. The smallest absolute Gasteiger partial charge is 0.260 e. The van der Waals surface area contributed by atoms with Crippen molar-refractivity contribution in [2.75, 3.05) is 26.5 Å². The number of benzene rings is 2. The van der Waals surface area contributed by atoms with Crippen molar-refractivity contribution in [1.29, 1.82) is 0 Å². The van der Waals surface area contributed by atoms with Crippen molar-refractivity contribution in [2.45, 2.75) is 19.4 Å². The maximum absolute atomic E-state index is 12.5. The average Bonchev–Trinajstić information content (AvgIpc) is 2.70. The fraction of sp³-hybridized carbons (Fsp3) is 0.333. The van der Waals surface area contributed by atoms with Gasteiger partial charge >= 0.3 is 0 Å². The van der Waals surface area contributed by atoms with Gasteiger partial charge in [0, 0.05) is 13.0 Å². The predicted molar refractivity (Wildman–Crippen MR) is 103 cm³/mol. The highest BCUT2D eigenvalue weighted by molar-refractivity contribution is 5.97. The summed E-state index contributed by atoms with van der Waals surface area (Å²) in [5.41, 5.74) is 6.84. The largest absolute Gasteiger partial charge is 0.492 e. The van der Waals surface area contributed by atoms with E-state index in [-0.39, 0.29) is 12.6 Å². The van der Waals surface area contributed by atoms with Gasteiger partial charge in [-0.05, 0) is 36.8 Å². The van der Waals surface area contributed by atoms with Gasteiger partial charge in [-0.2, -0.15) is 0 Å². The molecule has 2 aromatic carbocycles. The maximum Gasteiger partial charge on any atom is 0.260 e. The third-order valence-electron chi connectivity index (χ3n) is 4.44. The molecule has 0 saturated heterocycles. The summed E-state index contributed by atoms with van der Waals surface area (Å²) in [5, 5.41) is 0. The molecule has 0 aliphatic carbocycles. The van der Waals surface area contributed by atoms with Crippen molar-refractivity contribution < 1.29 is 23.8 Å². The molecule has 2 N–H and O–H groups in total. The summed E-state index contributed by atoms with van der Waals surface area (Å²) >= 11 is 0. The molecule has 2 amide bonds. The number of fused-ring (bicyclic) bond motifs is 1. The summed E-state index contributed by atoms with van der Waals surface area (Å²) in [6, 6.07) is 14.6. The maximum atomic E-state index is 12.5. The first-order valence-electron chi connectivity index (χ1n) is 9.22. The van der Waals surface area contributed by atoms with E-state index in [0.717, 1.165) is 5.56 Å². The molecule has 28 heavy (non-hydrogen) atoms. The average molecular weight is 384 g/mol. The Morgan fingerprint density at radius 2 is 1.96 bits per heavy atom. The molecule has 1 aliphatic heterocycles. The molecule has 148 valence electrons. The number of primary amides is 1. The van der Waals surface area contributed by atoms with E-state index < -0.39 is 12.0 Å². The Labute approximate surface area is 164 Å². The summed E-state index contributed by atoms with van der Waals surface area (Å²) in [6.45, 7) is 3.23. The highest BCUT2D eigenvalue weighted by Gasteiger charge is 2.24. The Morgan fingerprint density at radius 3 is 2.68 bits per heavy atom. The van der Waals surface area contributed by atoms with Crippen LogP contribution in [-0.2, 0) is 16.0 Å². The number of carbonyl (C=O) groups excluding carboxylic acids is 2. The number of carbonyl (C=O) groups is 2. The molecule has 3 rings (SSSR count). The van der Waals surface area contributed by atoms with Crippen LogP contribution < -0.4 is 15.2 Å². The second-order valence-electron chi connectivity index (χ2n) is 6.38. The van der Waals surface area contributed by atoms with Crippen LogP contribution in [0.1, 0.15) is 22.8 Å². The van der Waals surface area contributed by atoms with Crippen LogP contribution in [0.4, 0.5) is 0 Å². The molecule has 1 atom stereocenters. The monoisotopic (exact) mass is 384 g/mol. The Hall–Kier alpha value is -3.06. The number of rotatable bonds is 9. The van der Waals surface area contributed by atoms with Crippen LogP contribution >= 0.6 is 0 Å². The predicted octanol–water partition coefficient (Wildman–Crippen LogP) is 1.99. The van der Waals surface area contributed by atoms with E-state index in [9.17, 15) is 9.59 Å². The first-order chi connectivity index (χ1) is 13.6. The van der Waals surface area contributed by atoms with Gasteiger partial charge < -0.3 is 24.8 Å². The van der Waals surface area contributed by atoms with E-state index in [1.807, 2.05) is 43.3 Å². The number of hydrogen-bond donors (Lipinski definition) is 1. The standard InChI is InChI=1S/C21H24N2O5/c1-2-26-19(20(22)24)13-15-7-9-16(10-8-15)27-12-11-23-14-28-18-6-4-3-5-17(18)21(23)25/h3-10,19H,2,11-14H2,1H3,(H2,22,24). The fourth-order valence-corrected chi connectivity index (χ4v) is 2.96. The van der Waals surface area contributed by atoms with Crippen molar-refractivity contribution in [3.05, 3.63) is 59.7 Å². The third-order valence-corrected chi connectivity index (χ3v) is 4.44. The third kappa shape index (κ3) is 4.80. The van der Waals surface area contributed by atoms with Crippen LogP contribution in [0.3, 0.4) is 0 Å². The molecule has 7 heteroatoms. The fourth-order valence-electron chi connectivity index (χ4n) is 2.96. The van der Waals surface area contributed by atoms with Gasteiger partial charge in [-0.3, -0.25) is 9.59 Å². The molecule has 1 heterocycles. The molecule has 0 fully saturated rings. The Balaban J connectivity index is 1.49. The molecule has 1 unspecified atom stereocenters. The summed E-state index contributed by atoms with van der Waals surface area (Å²) in [7, 11) is 0. The van der Waals surface area contributed by atoms with Gasteiger partial charge in [0.25, 0.3) is 5.91 Å². The number of amides is 2. The summed E-state index contributed by atoms with van der Waals surface area (Å²) in [6.07, 6.45) is -0.215. The zero-order valence-corrected chi connectivity index (χ0v) is 15.8. The second kappa shape index (κ2) is 9.23. The van der Waals surface area contributed by atoms with E-state index in [1.165, 1.54) is 0 Å². The van der Waals surface area contributed by atoms with E-state index >= 15 is 0 Å². The van der Waals surface area contributed by atoms with Gasteiger partial charge in [0.2, 0.25) is 5.91 Å². The quantitative estimate of drug-likeness (QED) is 0.714. The molecule has 0 bridgehead atoms. The number of nitrogens with zero attached hydrogens (tertiary/aromatic N) is 1. The van der Waals surface area contributed by atoms with Crippen molar-refractivity contribution in [3.8, 4) is 11.5 Å². The lowest BCUT2D eigenvalue weighted by molar-refractivity contribution is -0.129. The Morgan fingerprint density at radius 1 is 1.21 bits per heavy atom. The lowest BCUT2D eigenvalue weighted by Crippen LogP contribution is -2.40. The van der Waals surface area contributed by atoms with Crippen LogP contribution in [0, 0.1) is 0 Å². The first-order valence-corrected chi connectivity index (χ1v) is 9.22. The van der Waals surface area contributed by atoms with Crippen molar-refractivity contribution >= 4 is 11.8 Å². The molecule has 7 nitrogen and oxygen atoms in total. The minimum atomic E-state index is -0.634. The lowest BCUT2D eigenvalue weighted by atomic mass is 10.1. The highest BCUT2D eigenvalue weighted by Crippen LogP contribution is 2.24. The normalized spacial score (nSPS) is 14.2. The molecule has 1 aliphatic rings. The van der Waals surface area contributed by atoms with Crippen LogP contribution in [-0.4, -0.2) is 49.3 Å². The molecule has 0 saturated carbocycles. The Kier molecular flexibility index (Phi) is 6.49. The van der Waals surface area contributed by atoms with E-state index in [1.54, 1.807) is 17.0 Å². The van der Waals surface area contributed by atoms with Crippen molar-refractivity contribution in [1.82, 2.24) is 4.90 Å². The van der Waals surface area contributed by atoms with Gasteiger partial charge in [0.05, 0.1) is 12.1 Å². The zero-order valence-electron chi connectivity index (χ0n) is 15.8. The van der Waals surface area contributed by atoms with Crippen molar-refractivity contribution in [2.24, 2.45) is 5.73 Å². The number of nitrogens with two attached hydrogens (primary N) is 1. The van der Waals surface area contributed by atoms with Gasteiger partial charge in [0.15, 0.2) is 6.73 Å². The minimum Gasteiger partial charge on any atom is -0.492 e. The number of para-hydroxylation sites is 1. The second-order valence-corrected chi connectivity index (χ2v) is 6.38. The van der Waals surface area contributed by atoms with Gasteiger partial charge in [-0.15, -0.1) is 0 Å². The highest BCUT2D eigenvalue weighted by atomic mass is 16.5. The van der Waals surface area contributed by atoms with Crippen LogP contribution in [0.2, 0.25) is 0 Å². The topological polar surface area (TPSA) is 91.1 Å². The van der Waals surface area contributed by atoms with E-state index in [4.69, 9.17) is 19.9 Å².